The second-order valence-corrected chi connectivity index (χ2v) is 7.49. The number of H-pyrrole nitrogens is 1. The van der Waals surface area contributed by atoms with Crippen molar-refractivity contribution in [2.45, 2.75) is 0 Å². The zero-order valence-corrected chi connectivity index (χ0v) is 14.7. The van der Waals surface area contributed by atoms with E-state index in [1.54, 1.807) is 0 Å². The summed E-state index contributed by atoms with van der Waals surface area (Å²) in [5.41, 5.74) is -0.684. The Morgan fingerprint density at radius 1 is 1.15 bits per heavy atom. The van der Waals surface area contributed by atoms with Crippen LogP contribution in [0.25, 0.3) is 10.9 Å². The first kappa shape index (κ1) is 18.4. The minimum atomic E-state index is -3.62. The van der Waals surface area contributed by atoms with Gasteiger partial charge in [-0.3, -0.25) is 14.3 Å². The van der Waals surface area contributed by atoms with Gasteiger partial charge in [0.05, 0.1) is 23.1 Å². The summed E-state index contributed by atoms with van der Waals surface area (Å²) in [6, 6.07) is 9.02. The van der Waals surface area contributed by atoms with Crippen LogP contribution < -0.4 is 15.5 Å². The molecule has 3 aromatic rings. The molecule has 0 atom stereocenters. The van der Waals surface area contributed by atoms with Crippen LogP contribution in [0, 0.1) is 5.82 Å². The van der Waals surface area contributed by atoms with Gasteiger partial charge in [0.15, 0.2) is 17.0 Å². The summed E-state index contributed by atoms with van der Waals surface area (Å²) in [6.07, 6.45) is 0.952. The predicted molar refractivity (Wildman–Crippen MR) is 99.1 cm³/mol. The lowest BCUT2D eigenvalue weighted by Crippen LogP contribution is -2.18. The van der Waals surface area contributed by atoms with E-state index in [1.165, 1.54) is 30.3 Å². The zero-order chi connectivity index (χ0) is 19.8. The quantitative estimate of drug-likeness (QED) is 0.506. The molecule has 3 rings (SSSR count). The standard InChI is InChI=1S/C17H14FN3O5S/c1-27(25,26)21-11-6-2-4-9-14(22)8-13(19-15(9)11)17(24)20-12-7-3-5-10(18)16(12)23/h2-8,21,23H,1H3,(H,19,22)(H,20,24). The highest BCUT2D eigenvalue weighted by Crippen LogP contribution is 2.26. The van der Waals surface area contributed by atoms with E-state index in [1.807, 2.05) is 0 Å². The Hall–Kier alpha value is -3.40. The van der Waals surface area contributed by atoms with E-state index in [0.29, 0.717) is 0 Å². The molecule has 0 unspecified atom stereocenters. The number of rotatable bonds is 4. The van der Waals surface area contributed by atoms with Crippen molar-refractivity contribution in [3.05, 3.63) is 64.2 Å². The Bertz CT molecular complexity index is 1220. The van der Waals surface area contributed by atoms with E-state index in [2.05, 4.69) is 15.0 Å². The van der Waals surface area contributed by atoms with Crippen molar-refractivity contribution in [2.75, 3.05) is 16.3 Å². The van der Waals surface area contributed by atoms with Crippen LogP contribution in [-0.4, -0.2) is 30.7 Å². The molecule has 2 aromatic carbocycles. The van der Waals surface area contributed by atoms with Crippen molar-refractivity contribution >= 4 is 38.2 Å². The number of sulfonamides is 1. The number of halogens is 1. The number of aromatic nitrogens is 1. The Balaban J connectivity index is 2.07. The molecule has 0 fully saturated rings. The lowest BCUT2D eigenvalue weighted by molar-refractivity contribution is 0.102. The molecule has 0 aliphatic rings. The van der Waals surface area contributed by atoms with Crippen LogP contribution in [0.4, 0.5) is 15.8 Å². The van der Waals surface area contributed by atoms with Crippen molar-refractivity contribution in [3.63, 3.8) is 0 Å². The van der Waals surface area contributed by atoms with Crippen LogP contribution in [-0.2, 0) is 10.0 Å². The topological polar surface area (TPSA) is 128 Å². The van der Waals surface area contributed by atoms with Crippen molar-refractivity contribution in [1.29, 1.82) is 0 Å². The van der Waals surface area contributed by atoms with Crippen molar-refractivity contribution < 1.29 is 22.7 Å². The Morgan fingerprint density at radius 2 is 1.81 bits per heavy atom. The molecule has 1 amide bonds. The summed E-state index contributed by atoms with van der Waals surface area (Å²) < 4.78 is 38.7. The number of aromatic amines is 1. The number of amides is 1. The maximum absolute atomic E-state index is 13.4. The summed E-state index contributed by atoms with van der Waals surface area (Å²) in [6.45, 7) is 0. The van der Waals surface area contributed by atoms with Crippen LogP contribution in [0.3, 0.4) is 0 Å². The van der Waals surface area contributed by atoms with Crippen LogP contribution >= 0.6 is 0 Å². The predicted octanol–water partition coefficient (Wildman–Crippen LogP) is 2.00. The maximum atomic E-state index is 13.4. The average molecular weight is 391 g/mol. The normalized spacial score (nSPS) is 11.3. The largest absolute Gasteiger partial charge is 0.503 e. The second kappa shape index (κ2) is 6.72. The van der Waals surface area contributed by atoms with Crippen LogP contribution in [0.1, 0.15) is 10.5 Å². The smallest absolute Gasteiger partial charge is 0.272 e. The van der Waals surface area contributed by atoms with Gasteiger partial charge in [0.2, 0.25) is 10.0 Å². The van der Waals surface area contributed by atoms with Gasteiger partial charge in [-0.15, -0.1) is 0 Å². The fraction of sp³-hybridized carbons (Fsp3) is 0.0588. The molecule has 0 saturated carbocycles. The van der Waals surface area contributed by atoms with E-state index in [4.69, 9.17) is 0 Å². The van der Waals surface area contributed by atoms with Crippen molar-refractivity contribution in [1.82, 2.24) is 4.98 Å². The number of nitrogens with one attached hydrogen (secondary N) is 3. The fourth-order valence-corrected chi connectivity index (χ4v) is 3.05. The Kier molecular flexibility index (Phi) is 4.58. The molecule has 140 valence electrons. The van der Waals surface area contributed by atoms with Crippen molar-refractivity contribution in [3.8, 4) is 5.75 Å². The third kappa shape index (κ3) is 3.90. The monoisotopic (exact) mass is 391 g/mol. The van der Waals surface area contributed by atoms with Gasteiger partial charge in [-0.2, -0.15) is 0 Å². The van der Waals surface area contributed by atoms with Gasteiger partial charge >= 0.3 is 0 Å². The summed E-state index contributed by atoms with van der Waals surface area (Å²) in [4.78, 5) is 27.4. The highest BCUT2D eigenvalue weighted by molar-refractivity contribution is 7.92. The molecule has 4 N–H and O–H groups in total. The first-order valence-electron chi connectivity index (χ1n) is 7.58. The Labute approximate surface area is 152 Å². The number of hydrogen-bond donors (Lipinski definition) is 4. The lowest BCUT2D eigenvalue weighted by Gasteiger charge is -2.11. The molecular weight excluding hydrogens is 377 g/mol. The van der Waals surface area contributed by atoms with Crippen molar-refractivity contribution in [2.24, 2.45) is 0 Å². The number of para-hydroxylation sites is 2. The fourth-order valence-electron chi connectivity index (χ4n) is 2.48. The maximum Gasteiger partial charge on any atom is 0.272 e. The van der Waals surface area contributed by atoms with E-state index < -0.39 is 32.9 Å². The molecular formula is C17H14FN3O5S. The number of fused-ring (bicyclic) bond motifs is 1. The van der Waals surface area contributed by atoms with Gasteiger partial charge in [0, 0.05) is 11.5 Å². The van der Waals surface area contributed by atoms with E-state index in [0.717, 1.165) is 18.4 Å². The van der Waals surface area contributed by atoms with Gasteiger partial charge in [-0.25, -0.2) is 12.8 Å². The molecule has 0 radical (unpaired) electrons. The summed E-state index contributed by atoms with van der Waals surface area (Å²) in [5.74, 6) is -2.48. The van der Waals surface area contributed by atoms with Gasteiger partial charge < -0.3 is 15.4 Å². The zero-order valence-electron chi connectivity index (χ0n) is 13.9. The molecule has 0 bridgehead atoms. The molecule has 1 aromatic heterocycles. The number of phenolic OH excluding ortho intramolecular Hbond substituents is 1. The number of carbonyl (C=O) groups is 1. The van der Waals surface area contributed by atoms with Gasteiger partial charge in [-0.05, 0) is 24.3 Å². The van der Waals surface area contributed by atoms with E-state index in [9.17, 15) is 27.5 Å². The SMILES string of the molecule is CS(=O)(=O)Nc1cccc2c(=O)cc(C(=O)Nc3cccc(F)c3O)[nH]c12. The highest BCUT2D eigenvalue weighted by atomic mass is 32.2. The van der Waals surface area contributed by atoms with E-state index in [-0.39, 0.29) is 28.0 Å². The Morgan fingerprint density at radius 3 is 2.52 bits per heavy atom. The van der Waals surface area contributed by atoms with Gasteiger partial charge in [0.1, 0.15) is 5.69 Å². The summed E-state index contributed by atoms with van der Waals surface area (Å²) in [5, 5.41) is 12.1. The number of benzene rings is 2. The third-order valence-corrected chi connectivity index (χ3v) is 4.23. The molecule has 0 aliphatic carbocycles. The summed E-state index contributed by atoms with van der Waals surface area (Å²) in [7, 11) is -3.62. The first-order valence-corrected chi connectivity index (χ1v) is 9.47. The van der Waals surface area contributed by atoms with Gasteiger partial charge in [0.25, 0.3) is 5.91 Å². The lowest BCUT2D eigenvalue weighted by atomic mass is 10.1. The minimum absolute atomic E-state index is 0.0929. The van der Waals surface area contributed by atoms with Gasteiger partial charge in [-0.1, -0.05) is 12.1 Å². The number of phenols is 1. The summed E-state index contributed by atoms with van der Waals surface area (Å²) >= 11 is 0. The molecule has 0 saturated heterocycles. The molecule has 27 heavy (non-hydrogen) atoms. The van der Waals surface area contributed by atoms with E-state index >= 15 is 0 Å². The third-order valence-electron chi connectivity index (χ3n) is 3.64. The number of pyridine rings is 1. The molecule has 10 heteroatoms. The average Bonchev–Trinajstić information content (AvgIpc) is 2.58. The van der Waals surface area contributed by atoms with Crippen LogP contribution in [0.5, 0.6) is 5.75 Å². The molecule has 8 nitrogen and oxygen atoms in total. The number of anilines is 2. The van der Waals surface area contributed by atoms with Crippen LogP contribution in [0.2, 0.25) is 0 Å². The van der Waals surface area contributed by atoms with Crippen LogP contribution in [0.15, 0.2) is 47.3 Å². The number of aromatic hydroxyl groups is 1. The second-order valence-electron chi connectivity index (χ2n) is 5.74. The number of hydrogen-bond acceptors (Lipinski definition) is 5. The molecule has 1 heterocycles. The number of carbonyl (C=O) groups excluding carboxylic acids is 1. The minimum Gasteiger partial charge on any atom is -0.503 e. The molecule has 0 spiro atoms. The highest BCUT2D eigenvalue weighted by Gasteiger charge is 2.15. The first-order chi connectivity index (χ1) is 12.7. The molecule has 0 aliphatic heterocycles.